The van der Waals surface area contributed by atoms with E-state index in [1.165, 1.54) is 17.7 Å². The van der Waals surface area contributed by atoms with Gasteiger partial charge in [-0.2, -0.15) is 4.98 Å². The van der Waals surface area contributed by atoms with Gasteiger partial charge in [0.15, 0.2) is 0 Å². The van der Waals surface area contributed by atoms with Crippen molar-refractivity contribution in [2.45, 2.75) is 32.2 Å². The van der Waals surface area contributed by atoms with Crippen molar-refractivity contribution in [2.24, 2.45) is 0 Å². The van der Waals surface area contributed by atoms with Crippen molar-refractivity contribution in [2.75, 3.05) is 32.1 Å². The van der Waals surface area contributed by atoms with Gasteiger partial charge >= 0.3 is 0 Å². The highest BCUT2D eigenvalue weighted by Crippen LogP contribution is 2.33. The van der Waals surface area contributed by atoms with Gasteiger partial charge in [-0.15, -0.1) is 11.3 Å². The quantitative estimate of drug-likeness (QED) is 0.810. The van der Waals surface area contributed by atoms with E-state index in [-0.39, 0.29) is 0 Å². The van der Waals surface area contributed by atoms with E-state index < -0.39 is 0 Å². The van der Waals surface area contributed by atoms with E-state index in [2.05, 4.69) is 46.9 Å². The molecule has 0 N–H and O–H groups in total. The van der Waals surface area contributed by atoms with Crippen LogP contribution >= 0.6 is 22.9 Å². The van der Waals surface area contributed by atoms with Crippen molar-refractivity contribution in [3.05, 3.63) is 16.2 Å². The molecular weight excluding hydrogens is 304 g/mol. The molecule has 0 spiro atoms. The minimum atomic E-state index is 0.349. The lowest BCUT2D eigenvalue weighted by molar-refractivity contribution is 0.252. The van der Waals surface area contributed by atoms with E-state index in [4.69, 9.17) is 11.6 Å². The molecule has 0 aliphatic carbocycles. The zero-order valence-electron chi connectivity index (χ0n) is 12.8. The summed E-state index contributed by atoms with van der Waals surface area (Å²) in [6, 6.07) is 2.75. The number of likely N-dealkylation sites (tertiary alicyclic amines) is 1. The van der Waals surface area contributed by atoms with Gasteiger partial charge in [0.2, 0.25) is 5.28 Å². The average molecular weight is 325 g/mol. The van der Waals surface area contributed by atoms with E-state index in [9.17, 15) is 0 Å². The van der Waals surface area contributed by atoms with Gasteiger partial charge < -0.3 is 9.80 Å². The Kier molecular flexibility index (Phi) is 4.33. The third kappa shape index (κ3) is 3.00. The van der Waals surface area contributed by atoms with Crippen molar-refractivity contribution in [3.63, 3.8) is 0 Å². The van der Waals surface area contributed by atoms with Crippen LogP contribution in [0.1, 0.15) is 24.6 Å². The highest BCUT2D eigenvalue weighted by molar-refractivity contribution is 7.18. The van der Waals surface area contributed by atoms with Gasteiger partial charge in [-0.3, -0.25) is 0 Å². The summed E-state index contributed by atoms with van der Waals surface area (Å²) in [7, 11) is 4.32. The van der Waals surface area contributed by atoms with Crippen molar-refractivity contribution >= 4 is 39.0 Å². The summed E-state index contributed by atoms with van der Waals surface area (Å²) in [4.78, 5) is 15.9. The van der Waals surface area contributed by atoms with Crippen LogP contribution in [0.15, 0.2) is 6.07 Å². The highest BCUT2D eigenvalue weighted by Gasteiger charge is 2.24. The van der Waals surface area contributed by atoms with Crippen molar-refractivity contribution in [1.29, 1.82) is 0 Å². The van der Waals surface area contributed by atoms with E-state index in [0.29, 0.717) is 11.3 Å². The molecule has 3 rings (SSSR count). The van der Waals surface area contributed by atoms with E-state index in [0.717, 1.165) is 35.5 Å². The number of fused-ring (bicyclic) bond motifs is 1. The Labute approximate surface area is 134 Å². The molecule has 3 heterocycles. The molecule has 0 aromatic carbocycles. The summed E-state index contributed by atoms with van der Waals surface area (Å²) in [6.07, 6.45) is 3.36. The van der Waals surface area contributed by atoms with Gasteiger partial charge in [-0.1, -0.05) is 6.92 Å². The Bertz CT molecular complexity index is 634. The Morgan fingerprint density at radius 2 is 2.10 bits per heavy atom. The first-order chi connectivity index (χ1) is 10.1. The van der Waals surface area contributed by atoms with Crippen LogP contribution in [-0.2, 0) is 6.42 Å². The van der Waals surface area contributed by atoms with Crippen molar-refractivity contribution in [3.8, 4) is 0 Å². The lowest BCUT2D eigenvalue weighted by atomic mass is 10.0. The summed E-state index contributed by atoms with van der Waals surface area (Å²) >= 11 is 7.85. The van der Waals surface area contributed by atoms with Gasteiger partial charge in [0, 0.05) is 18.0 Å². The number of anilines is 1. The molecule has 0 atom stereocenters. The zero-order chi connectivity index (χ0) is 15.0. The number of hydrogen-bond acceptors (Lipinski definition) is 5. The SMILES string of the molecule is CCc1cc2c(N(C)C3CCN(C)CC3)nc(Cl)nc2s1. The first-order valence-electron chi connectivity index (χ1n) is 7.45. The average Bonchev–Trinajstić information content (AvgIpc) is 2.89. The van der Waals surface area contributed by atoms with Crippen LogP contribution in [0.25, 0.3) is 10.2 Å². The maximum absolute atomic E-state index is 6.13. The van der Waals surface area contributed by atoms with Crippen LogP contribution < -0.4 is 4.90 Å². The molecule has 21 heavy (non-hydrogen) atoms. The van der Waals surface area contributed by atoms with Gasteiger partial charge in [-0.25, -0.2) is 4.98 Å². The Balaban J connectivity index is 1.96. The number of hydrogen-bond donors (Lipinski definition) is 0. The molecule has 2 aromatic rings. The standard InChI is InChI=1S/C15H21ClN4S/c1-4-11-9-12-13(17-15(16)18-14(12)21-11)20(3)10-5-7-19(2)8-6-10/h9-10H,4-8H2,1-3H3. The number of rotatable bonds is 3. The maximum Gasteiger partial charge on any atom is 0.225 e. The van der Waals surface area contributed by atoms with Crippen molar-refractivity contribution < 1.29 is 0 Å². The zero-order valence-corrected chi connectivity index (χ0v) is 14.3. The highest BCUT2D eigenvalue weighted by atomic mass is 35.5. The smallest absolute Gasteiger partial charge is 0.225 e. The fourth-order valence-electron chi connectivity index (χ4n) is 2.93. The van der Waals surface area contributed by atoms with Crippen LogP contribution in [0.4, 0.5) is 5.82 Å². The number of thiophene rings is 1. The summed E-state index contributed by atoms with van der Waals surface area (Å²) in [5.74, 6) is 0.982. The molecular formula is C15H21ClN4S. The van der Waals surface area contributed by atoms with Crippen molar-refractivity contribution in [1.82, 2.24) is 14.9 Å². The number of piperidine rings is 1. The number of halogens is 1. The maximum atomic E-state index is 6.13. The molecule has 6 heteroatoms. The minimum Gasteiger partial charge on any atom is -0.356 e. The summed E-state index contributed by atoms with van der Waals surface area (Å²) in [5, 5.41) is 1.49. The Hall–Kier alpha value is -0.910. The topological polar surface area (TPSA) is 32.3 Å². The summed E-state index contributed by atoms with van der Waals surface area (Å²) < 4.78 is 0. The second-order valence-electron chi connectivity index (χ2n) is 5.75. The number of nitrogens with zero attached hydrogens (tertiary/aromatic N) is 4. The van der Waals surface area contributed by atoms with E-state index >= 15 is 0 Å². The third-order valence-electron chi connectivity index (χ3n) is 4.31. The monoisotopic (exact) mass is 324 g/mol. The lowest BCUT2D eigenvalue weighted by Gasteiger charge is -2.35. The third-order valence-corrected chi connectivity index (χ3v) is 5.66. The first-order valence-corrected chi connectivity index (χ1v) is 8.65. The number of aromatic nitrogens is 2. The first kappa shape index (κ1) is 15.0. The lowest BCUT2D eigenvalue weighted by Crippen LogP contribution is -2.42. The molecule has 0 bridgehead atoms. The molecule has 1 aliphatic heterocycles. The molecule has 0 saturated carbocycles. The fourth-order valence-corrected chi connectivity index (χ4v) is 4.11. The van der Waals surface area contributed by atoms with Gasteiger partial charge in [0.05, 0.1) is 5.39 Å². The molecule has 4 nitrogen and oxygen atoms in total. The largest absolute Gasteiger partial charge is 0.356 e. The molecule has 0 unspecified atom stereocenters. The van der Waals surface area contributed by atoms with Gasteiger partial charge in [-0.05, 0) is 57.1 Å². The molecule has 2 aromatic heterocycles. The second kappa shape index (κ2) is 6.07. The normalized spacial score (nSPS) is 17.5. The second-order valence-corrected chi connectivity index (χ2v) is 7.20. The minimum absolute atomic E-state index is 0.349. The Morgan fingerprint density at radius 1 is 1.38 bits per heavy atom. The molecule has 1 fully saturated rings. The fraction of sp³-hybridized carbons (Fsp3) is 0.600. The predicted molar refractivity (Wildman–Crippen MR) is 90.7 cm³/mol. The van der Waals surface area contributed by atoms with Crippen LogP contribution in [0, 0.1) is 0 Å². The predicted octanol–water partition coefficient (Wildman–Crippen LogP) is 3.44. The van der Waals surface area contributed by atoms with E-state index in [1.807, 2.05) is 0 Å². The van der Waals surface area contributed by atoms with E-state index in [1.54, 1.807) is 11.3 Å². The molecule has 1 aliphatic rings. The molecule has 0 amide bonds. The van der Waals surface area contributed by atoms with Crippen LogP contribution in [0.2, 0.25) is 5.28 Å². The van der Waals surface area contributed by atoms with Crippen LogP contribution in [0.5, 0.6) is 0 Å². The van der Waals surface area contributed by atoms with Crippen LogP contribution in [-0.4, -0.2) is 48.1 Å². The number of aryl methyl sites for hydroxylation is 1. The molecule has 114 valence electrons. The van der Waals surface area contributed by atoms with Gasteiger partial charge in [0.1, 0.15) is 10.6 Å². The molecule has 0 radical (unpaired) electrons. The Morgan fingerprint density at radius 3 is 2.76 bits per heavy atom. The van der Waals surface area contributed by atoms with Crippen LogP contribution in [0.3, 0.4) is 0 Å². The summed E-state index contributed by atoms with van der Waals surface area (Å²) in [6.45, 7) is 4.45. The summed E-state index contributed by atoms with van der Waals surface area (Å²) in [5.41, 5.74) is 0. The molecule has 1 saturated heterocycles. The van der Waals surface area contributed by atoms with Gasteiger partial charge in [0.25, 0.3) is 0 Å².